The number of hydrogen-bond donors (Lipinski definition) is 2. The Morgan fingerprint density at radius 2 is 2.50 bits per heavy atom. The standard InChI is InChI=1S/C9H10ClN3O/c1-6(14)5-13-9-8(10)7(4-11)2-3-12-9/h2-3,6,14H,5H2,1H3,(H,12,13)/t6-/m1/s1. The number of anilines is 1. The summed E-state index contributed by atoms with van der Waals surface area (Å²) in [6.07, 6.45) is 1.01. The third-order valence-corrected chi connectivity index (χ3v) is 1.96. The maximum atomic E-state index is 9.03. The fourth-order valence-electron chi connectivity index (χ4n) is 0.898. The van der Waals surface area contributed by atoms with Crippen LogP contribution in [0.1, 0.15) is 12.5 Å². The summed E-state index contributed by atoms with van der Waals surface area (Å²) in [5, 5.41) is 20.8. The molecule has 1 heterocycles. The lowest BCUT2D eigenvalue weighted by Gasteiger charge is -2.09. The van der Waals surface area contributed by atoms with E-state index in [2.05, 4.69) is 10.3 Å². The molecule has 0 bridgehead atoms. The first-order valence-electron chi connectivity index (χ1n) is 4.11. The van der Waals surface area contributed by atoms with Gasteiger partial charge in [-0.2, -0.15) is 5.26 Å². The van der Waals surface area contributed by atoms with Crippen LogP contribution in [0.15, 0.2) is 12.3 Å². The molecule has 1 aromatic heterocycles. The molecular formula is C9H10ClN3O. The Morgan fingerprint density at radius 3 is 3.07 bits per heavy atom. The Balaban J connectivity index is 2.83. The third kappa shape index (κ3) is 2.59. The minimum atomic E-state index is -0.487. The fourth-order valence-corrected chi connectivity index (χ4v) is 1.12. The van der Waals surface area contributed by atoms with Crippen molar-refractivity contribution in [2.24, 2.45) is 0 Å². The summed E-state index contributed by atoms with van der Waals surface area (Å²) in [5.41, 5.74) is 0.370. The Bertz CT molecular complexity index is 360. The molecule has 0 saturated carbocycles. The molecule has 0 aliphatic carbocycles. The molecule has 2 N–H and O–H groups in total. The molecule has 0 aliphatic heterocycles. The molecule has 1 atom stereocenters. The summed E-state index contributed by atoms with van der Waals surface area (Å²) >= 11 is 5.86. The second-order valence-corrected chi connectivity index (χ2v) is 3.24. The monoisotopic (exact) mass is 211 g/mol. The van der Waals surface area contributed by atoms with E-state index < -0.39 is 6.10 Å². The van der Waals surface area contributed by atoms with Crippen LogP contribution < -0.4 is 5.32 Å². The fraction of sp³-hybridized carbons (Fsp3) is 0.333. The van der Waals surface area contributed by atoms with Gasteiger partial charge in [0.2, 0.25) is 0 Å². The van der Waals surface area contributed by atoms with Crippen LogP contribution >= 0.6 is 11.6 Å². The van der Waals surface area contributed by atoms with E-state index in [-0.39, 0.29) is 5.02 Å². The van der Waals surface area contributed by atoms with Crippen LogP contribution in [0.2, 0.25) is 5.02 Å². The highest BCUT2D eigenvalue weighted by molar-refractivity contribution is 6.34. The Hall–Kier alpha value is -1.31. The van der Waals surface area contributed by atoms with Crippen LogP contribution in [-0.2, 0) is 0 Å². The number of aromatic nitrogens is 1. The molecule has 74 valence electrons. The van der Waals surface area contributed by atoms with E-state index >= 15 is 0 Å². The van der Waals surface area contributed by atoms with Gasteiger partial charge in [-0.1, -0.05) is 11.6 Å². The van der Waals surface area contributed by atoms with Crippen LogP contribution in [0.4, 0.5) is 5.82 Å². The molecule has 0 amide bonds. The van der Waals surface area contributed by atoms with Crippen molar-refractivity contribution in [2.75, 3.05) is 11.9 Å². The molecule has 0 saturated heterocycles. The predicted molar refractivity (Wildman–Crippen MR) is 54.1 cm³/mol. The van der Waals surface area contributed by atoms with Crippen molar-refractivity contribution in [3.8, 4) is 6.07 Å². The Morgan fingerprint density at radius 1 is 1.79 bits per heavy atom. The SMILES string of the molecule is C[C@@H](O)CNc1nccc(C#N)c1Cl. The minimum absolute atomic E-state index is 0.288. The molecule has 0 aromatic carbocycles. The number of nitriles is 1. The zero-order valence-corrected chi connectivity index (χ0v) is 8.41. The van der Waals surface area contributed by atoms with Crippen molar-refractivity contribution in [3.05, 3.63) is 22.8 Å². The first-order valence-corrected chi connectivity index (χ1v) is 4.49. The second kappa shape index (κ2) is 4.80. The van der Waals surface area contributed by atoms with Crippen LogP contribution in [0.5, 0.6) is 0 Å². The van der Waals surface area contributed by atoms with Gasteiger partial charge in [0, 0.05) is 12.7 Å². The maximum absolute atomic E-state index is 9.03. The summed E-state index contributed by atoms with van der Waals surface area (Å²) in [5.74, 6) is 0.423. The number of nitrogens with zero attached hydrogens (tertiary/aromatic N) is 2. The smallest absolute Gasteiger partial charge is 0.146 e. The summed E-state index contributed by atoms with van der Waals surface area (Å²) in [7, 11) is 0. The molecule has 1 rings (SSSR count). The normalized spacial score (nSPS) is 11.9. The molecule has 5 heteroatoms. The van der Waals surface area contributed by atoms with Gasteiger partial charge in [0.1, 0.15) is 16.9 Å². The third-order valence-electron chi connectivity index (χ3n) is 1.57. The van der Waals surface area contributed by atoms with Crippen LogP contribution in [0.25, 0.3) is 0 Å². The number of aliphatic hydroxyl groups excluding tert-OH is 1. The minimum Gasteiger partial charge on any atom is -0.392 e. The number of pyridine rings is 1. The number of hydrogen-bond acceptors (Lipinski definition) is 4. The highest BCUT2D eigenvalue weighted by atomic mass is 35.5. The van der Waals surface area contributed by atoms with E-state index in [1.807, 2.05) is 6.07 Å². The van der Waals surface area contributed by atoms with Crippen molar-refractivity contribution in [1.82, 2.24) is 4.98 Å². The quantitative estimate of drug-likeness (QED) is 0.793. The summed E-state index contributed by atoms with van der Waals surface area (Å²) in [6.45, 7) is 2.00. The first-order chi connectivity index (χ1) is 6.65. The maximum Gasteiger partial charge on any atom is 0.146 e. The molecule has 14 heavy (non-hydrogen) atoms. The van der Waals surface area contributed by atoms with Gasteiger partial charge in [0.15, 0.2) is 0 Å². The number of halogens is 1. The molecule has 1 aromatic rings. The molecule has 0 unspecified atom stereocenters. The van der Waals surface area contributed by atoms with Crippen molar-refractivity contribution in [1.29, 1.82) is 5.26 Å². The van der Waals surface area contributed by atoms with Gasteiger partial charge in [-0.25, -0.2) is 4.98 Å². The van der Waals surface area contributed by atoms with E-state index in [4.69, 9.17) is 22.0 Å². The largest absolute Gasteiger partial charge is 0.392 e. The highest BCUT2D eigenvalue weighted by Gasteiger charge is 2.06. The van der Waals surface area contributed by atoms with Crippen LogP contribution in [0.3, 0.4) is 0 Å². The highest BCUT2D eigenvalue weighted by Crippen LogP contribution is 2.22. The van der Waals surface area contributed by atoms with Gasteiger partial charge >= 0.3 is 0 Å². The van der Waals surface area contributed by atoms with Crippen molar-refractivity contribution >= 4 is 17.4 Å². The van der Waals surface area contributed by atoms with E-state index in [9.17, 15) is 0 Å². The van der Waals surface area contributed by atoms with Crippen LogP contribution in [0, 0.1) is 11.3 Å². The topological polar surface area (TPSA) is 68.9 Å². The lowest BCUT2D eigenvalue weighted by Crippen LogP contribution is -2.16. The lowest BCUT2D eigenvalue weighted by molar-refractivity contribution is 0.208. The Labute approximate surface area is 87.2 Å². The van der Waals surface area contributed by atoms with Gasteiger partial charge in [0.25, 0.3) is 0 Å². The van der Waals surface area contributed by atoms with Gasteiger partial charge in [-0.15, -0.1) is 0 Å². The van der Waals surface area contributed by atoms with Gasteiger partial charge < -0.3 is 10.4 Å². The zero-order valence-electron chi connectivity index (χ0n) is 7.66. The van der Waals surface area contributed by atoms with Gasteiger partial charge in [0.05, 0.1) is 11.7 Å². The van der Waals surface area contributed by atoms with E-state index in [1.165, 1.54) is 12.3 Å². The van der Waals surface area contributed by atoms with E-state index in [0.717, 1.165) is 0 Å². The Kier molecular flexibility index (Phi) is 3.69. The van der Waals surface area contributed by atoms with Gasteiger partial charge in [-0.3, -0.25) is 0 Å². The summed E-state index contributed by atoms with van der Waals surface area (Å²) < 4.78 is 0. The second-order valence-electron chi connectivity index (χ2n) is 2.86. The summed E-state index contributed by atoms with van der Waals surface area (Å²) in [6, 6.07) is 3.49. The summed E-state index contributed by atoms with van der Waals surface area (Å²) in [4.78, 5) is 3.95. The van der Waals surface area contributed by atoms with E-state index in [0.29, 0.717) is 17.9 Å². The van der Waals surface area contributed by atoms with Crippen molar-refractivity contribution in [3.63, 3.8) is 0 Å². The molecule has 0 spiro atoms. The number of nitrogens with one attached hydrogen (secondary N) is 1. The van der Waals surface area contributed by atoms with Crippen molar-refractivity contribution in [2.45, 2.75) is 13.0 Å². The van der Waals surface area contributed by atoms with E-state index in [1.54, 1.807) is 6.92 Å². The first kappa shape index (κ1) is 10.8. The average Bonchev–Trinajstić information content (AvgIpc) is 2.16. The number of aliphatic hydroxyl groups is 1. The van der Waals surface area contributed by atoms with Crippen LogP contribution in [-0.4, -0.2) is 22.7 Å². The number of rotatable bonds is 3. The lowest BCUT2D eigenvalue weighted by atomic mass is 10.3. The van der Waals surface area contributed by atoms with Crippen molar-refractivity contribution < 1.29 is 5.11 Å². The molecule has 0 aliphatic rings. The molecular weight excluding hydrogens is 202 g/mol. The zero-order chi connectivity index (χ0) is 10.6. The van der Waals surface area contributed by atoms with Gasteiger partial charge in [-0.05, 0) is 13.0 Å². The molecule has 0 fully saturated rings. The predicted octanol–water partition coefficient (Wildman–Crippen LogP) is 1.40. The molecule has 4 nitrogen and oxygen atoms in total. The molecule has 0 radical (unpaired) electrons. The average molecular weight is 212 g/mol.